The molecule has 0 heterocycles. The number of unbranched alkanes of at least 4 members (excludes halogenated alkanes) is 7. The average molecular weight is 341 g/mol. The molecular weight excluding hydrogens is 296 g/mol. The quantitative estimate of drug-likeness (QED) is 0.203. The van der Waals surface area contributed by atoms with Gasteiger partial charge in [0.05, 0.1) is 5.92 Å². The predicted molar refractivity (Wildman–Crippen MR) is 105 cm³/mol. The highest BCUT2D eigenvalue weighted by Gasteiger charge is 2.22. The fourth-order valence-electron chi connectivity index (χ4n) is 3.22. The van der Waals surface area contributed by atoms with E-state index in [9.17, 15) is 4.79 Å². The fraction of sp³-hybridized carbons (Fsp3) is 0.955. The Kier molecular flexibility index (Phi) is 16.9. The zero-order chi connectivity index (χ0) is 18.0. The lowest BCUT2D eigenvalue weighted by Gasteiger charge is -2.22. The number of carbonyl (C=O) groups is 1. The minimum absolute atomic E-state index is 0.0950. The molecule has 2 nitrogen and oxygen atoms in total. The van der Waals surface area contributed by atoms with Gasteiger partial charge in [0.2, 0.25) is 0 Å². The molecule has 0 spiro atoms. The molecule has 0 N–H and O–H groups in total. The molecule has 0 bridgehead atoms. The molecule has 0 aromatic carbocycles. The van der Waals surface area contributed by atoms with Crippen LogP contribution in [0.2, 0.25) is 0 Å². The van der Waals surface area contributed by atoms with E-state index in [4.69, 9.17) is 4.74 Å². The van der Waals surface area contributed by atoms with Crippen LogP contribution in [0.1, 0.15) is 124 Å². The van der Waals surface area contributed by atoms with Crippen molar-refractivity contribution in [2.45, 2.75) is 130 Å². The van der Waals surface area contributed by atoms with Crippen molar-refractivity contribution in [3.63, 3.8) is 0 Å². The van der Waals surface area contributed by atoms with Gasteiger partial charge in [0, 0.05) is 0 Å². The van der Waals surface area contributed by atoms with Crippen LogP contribution < -0.4 is 0 Å². The van der Waals surface area contributed by atoms with Crippen LogP contribution in [0.4, 0.5) is 0 Å². The Morgan fingerprint density at radius 2 is 1.08 bits per heavy atom. The number of hydrogen-bond donors (Lipinski definition) is 0. The SMILES string of the molecule is CCCCCCC(CCCC)C(=O)OC(CCCC)CCCCC. The summed E-state index contributed by atoms with van der Waals surface area (Å²) in [7, 11) is 0. The lowest BCUT2D eigenvalue weighted by Crippen LogP contribution is -2.25. The number of ether oxygens (including phenoxy) is 1. The highest BCUT2D eigenvalue weighted by Crippen LogP contribution is 2.22. The van der Waals surface area contributed by atoms with Crippen LogP contribution in [-0.4, -0.2) is 12.1 Å². The van der Waals surface area contributed by atoms with Gasteiger partial charge in [-0.3, -0.25) is 4.79 Å². The molecule has 0 fully saturated rings. The summed E-state index contributed by atoms with van der Waals surface area (Å²) >= 11 is 0. The van der Waals surface area contributed by atoms with Gasteiger partial charge in [0.25, 0.3) is 0 Å². The van der Waals surface area contributed by atoms with Crippen LogP contribution in [0, 0.1) is 5.92 Å². The molecule has 0 amide bonds. The van der Waals surface area contributed by atoms with Gasteiger partial charge in [-0.05, 0) is 32.1 Å². The third kappa shape index (κ3) is 12.8. The first kappa shape index (κ1) is 23.5. The van der Waals surface area contributed by atoms with Crippen LogP contribution in [0.5, 0.6) is 0 Å². The molecule has 0 aliphatic rings. The standard InChI is InChI=1S/C22H44O2/c1-5-9-13-15-17-20(16-11-7-3)22(23)24-21(18-12-8-4)19-14-10-6-2/h20-21H,5-19H2,1-4H3. The van der Waals surface area contributed by atoms with Crippen molar-refractivity contribution in [3.05, 3.63) is 0 Å². The van der Waals surface area contributed by atoms with Crippen molar-refractivity contribution in [1.82, 2.24) is 0 Å². The second kappa shape index (κ2) is 17.3. The maximum Gasteiger partial charge on any atom is 0.309 e. The maximum atomic E-state index is 12.7. The molecule has 0 saturated carbocycles. The average Bonchev–Trinajstić information content (AvgIpc) is 2.58. The van der Waals surface area contributed by atoms with Crippen molar-refractivity contribution in [3.8, 4) is 0 Å². The van der Waals surface area contributed by atoms with Gasteiger partial charge in [-0.1, -0.05) is 91.9 Å². The third-order valence-corrected chi connectivity index (χ3v) is 4.94. The Hall–Kier alpha value is -0.530. The zero-order valence-corrected chi connectivity index (χ0v) is 17.1. The number of hydrogen-bond acceptors (Lipinski definition) is 2. The molecule has 144 valence electrons. The second-order valence-electron chi connectivity index (χ2n) is 7.39. The molecule has 0 aromatic rings. The van der Waals surface area contributed by atoms with Gasteiger partial charge < -0.3 is 4.74 Å². The Balaban J connectivity index is 4.44. The second-order valence-corrected chi connectivity index (χ2v) is 7.39. The first-order valence-electron chi connectivity index (χ1n) is 10.9. The van der Waals surface area contributed by atoms with E-state index < -0.39 is 0 Å². The Morgan fingerprint density at radius 3 is 1.71 bits per heavy atom. The normalized spacial score (nSPS) is 13.7. The smallest absolute Gasteiger partial charge is 0.309 e. The van der Waals surface area contributed by atoms with E-state index in [2.05, 4.69) is 27.7 Å². The minimum atomic E-state index is 0.0950. The summed E-state index contributed by atoms with van der Waals surface area (Å²) in [5.41, 5.74) is 0. The van der Waals surface area contributed by atoms with E-state index >= 15 is 0 Å². The lowest BCUT2D eigenvalue weighted by atomic mass is 9.95. The molecular formula is C22H44O2. The Bertz CT molecular complexity index is 275. The summed E-state index contributed by atoms with van der Waals surface area (Å²) in [5.74, 6) is 0.231. The van der Waals surface area contributed by atoms with Crippen molar-refractivity contribution < 1.29 is 9.53 Å². The molecule has 0 rings (SSSR count). The zero-order valence-electron chi connectivity index (χ0n) is 17.1. The van der Waals surface area contributed by atoms with Crippen LogP contribution >= 0.6 is 0 Å². The molecule has 2 atom stereocenters. The largest absolute Gasteiger partial charge is 0.462 e. The van der Waals surface area contributed by atoms with Gasteiger partial charge in [0.15, 0.2) is 0 Å². The first-order valence-corrected chi connectivity index (χ1v) is 10.9. The highest BCUT2D eigenvalue weighted by atomic mass is 16.5. The predicted octanol–water partition coefficient (Wildman–Crippen LogP) is 7.45. The van der Waals surface area contributed by atoms with Crippen LogP contribution in [-0.2, 0) is 9.53 Å². The fourth-order valence-corrected chi connectivity index (χ4v) is 3.22. The van der Waals surface area contributed by atoms with Gasteiger partial charge >= 0.3 is 5.97 Å². The highest BCUT2D eigenvalue weighted by molar-refractivity contribution is 5.72. The molecule has 0 aliphatic heterocycles. The Morgan fingerprint density at radius 1 is 0.625 bits per heavy atom. The summed E-state index contributed by atoms with van der Waals surface area (Å²) in [6.45, 7) is 8.87. The molecule has 24 heavy (non-hydrogen) atoms. The maximum absolute atomic E-state index is 12.7. The van der Waals surface area contributed by atoms with Crippen LogP contribution in [0.25, 0.3) is 0 Å². The minimum Gasteiger partial charge on any atom is -0.462 e. The monoisotopic (exact) mass is 340 g/mol. The van der Waals surface area contributed by atoms with Gasteiger partial charge in [-0.25, -0.2) is 0 Å². The molecule has 0 aliphatic carbocycles. The van der Waals surface area contributed by atoms with E-state index in [1.54, 1.807) is 0 Å². The van der Waals surface area contributed by atoms with Crippen LogP contribution in [0.15, 0.2) is 0 Å². The van der Waals surface area contributed by atoms with Gasteiger partial charge in [-0.15, -0.1) is 0 Å². The van der Waals surface area contributed by atoms with Crippen molar-refractivity contribution in [1.29, 1.82) is 0 Å². The van der Waals surface area contributed by atoms with Crippen molar-refractivity contribution in [2.75, 3.05) is 0 Å². The molecule has 0 aromatic heterocycles. The summed E-state index contributed by atoms with van der Waals surface area (Å²) in [6.07, 6.45) is 17.6. The Labute approximate surface area is 152 Å². The number of carbonyl (C=O) groups excluding carboxylic acids is 1. The van der Waals surface area contributed by atoms with Crippen molar-refractivity contribution in [2.24, 2.45) is 5.92 Å². The lowest BCUT2D eigenvalue weighted by molar-refractivity contribution is -0.155. The summed E-state index contributed by atoms with van der Waals surface area (Å²) in [5, 5.41) is 0. The van der Waals surface area contributed by atoms with E-state index in [1.165, 1.54) is 57.8 Å². The molecule has 2 heteroatoms. The van der Waals surface area contributed by atoms with Crippen LogP contribution in [0.3, 0.4) is 0 Å². The summed E-state index contributed by atoms with van der Waals surface area (Å²) < 4.78 is 5.98. The van der Waals surface area contributed by atoms with Crippen molar-refractivity contribution >= 4 is 5.97 Å². The topological polar surface area (TPSA) is 26.3 Å². The molecule has 0 saturated heterocycles. The first-order chi connectivity index (χ1) is 11.7. The summed E-state index contributed by atoms with van der Waals surface area (Å²) in [4.78, 5) is 12.7. The molecule has 2 unspecified atom stereocenters. The number of rotatable bonds is 17. The number of esters is 1. The van der Waals surface area contributed by atoms with E-state index in [0.29, 0.717) is 0 Å². The third-order valence-electron chi connectivity index (χ3n) is 4.94. The van der Waals surface area contributed by atoms with Gasteiger partial charge in [-0.2, -0.15) is 0 Å². The van der Waals surface area contributed by atoms with Gasteiger partial charge in [0.1, 0.15) is 6.10 Å². The molecule has 0 radical (unpaired) electrons. The van der Waals surface area contributed by atoms with E-state index in [1.807, 2.05) is 0 Å². The summed E-state index contributed by atoms with van der Waals surface area (Å²) in [6, 6.07) is 0. The van der Waals surface area contributed by atoms with E-state index in [0.717, 1.165) is 38.5 Å². The van der Waals surface area contributed by atoms with E-state index in [-0.39, 0.29) is 18.0 Å².